The Labute approximate surface area is 164 Å². The van der Waals surface area contributed by atoms with E-state index in [2.05, 4.69) is 20.5 Å². The van der Waals surface area contributed by atoms with E-state index in [9.17, 15) is 4.79 Å². The molecule has 132 valence electrons. The SMILES string of the molecule is I.NC(=NCc1cccc(NC(=O)NC2CC2)c1)N1CCSCC1. The molecule has 2 aliphatic rings. The Balaban J connectivity index is 0.00000208. The average molecular weight is 461 g/mol. The highest BCUT2D eigenvalue weighted by molar-refractivity contribution is 14.0. The molecule has 2 amide bonds. The van der Waals surface area contributed by atoms with Gasteiger partial charge in [0.2, 0.25) is 0 Å². The van der Waals surface area contributed by atoms with Gasteiger partial charge in [-0.15, -0.1) is 24.0 Å². The molecule has 1 saturated heterocycles. The second kappa shape index (κ2) is 9.36. The number of hydrogen-bond donors (Lipinski definition) is 3. The van der Waals surface area contributed by atoms with Crippen molar-refractivity contribution in [2.75, 3.05) is 29.9 Å². The summed E-state index contributed by atoms with van der Waals surface area (Å²) in [6, 6.07) is 7.95. The van der Waals surface area contributed by atoms with Crippen molar-refractivity contribution in [3.05, 3.63) is 29.8 Å². The van der Waals surface area contributed by atoms with Crippen LogP contribution in [0.4, 0.5) is 10.5 Å². The number of aliphatic imine (C=N–C) groups is 1. The summed E-state index contributed by atoms with van der Waals surface area (Å²) in [5.74, 6) is 2.81. The van der Waals surface area contributed by atoms with E-state index < -0.39 is 0 Å². The fourth-order valence-corrected chi connectivity index (χ4v) is 3.30. The molecule has 1 aromatic rings. The lowest BCUT2D eigenvalue weighted by Crippen LogP contribution is -2.42. The monoisotopic (exact) mass is 461 g/mol. The van der Waals surface area contributed by atoms with E-state index >= 15 is 0 Å². The third-order valence-electron chi connectivity index (χ3n) is 3.86. The molecule has 0 bridgehead atoms. The summed E-state index contributed by atoms with van der Waals surface area (Å²) in [6.45, 7) is 2.45. The van der Waals surface area contributed by atoms with Gasteiger partial charge in [-0.25, -0.2) is 9.79 Å². The summed E-state index contributed by atoms with van der Waals surface area (Å²) in [5, 5.41) is 5.77. The molecule has 1 aliphatic carbocycles. The zero-order chi connectivity index (χ0) is 16.1. The number of urea groups is 1. The lowest BCUT2D eigenvalue weighted by atomic mass is 10.2. The van der Waals surface area contributed by atoms with Crippen molar-refractivity contribution in [2.24, 2.45) is 10.7 Å². The Morgan fingerprint density at radius 1 is 1.33 bits per heavy atom. The van der Waals surface area contributed by atoms with Gasteiger partial charge in [-0.05, 0) is 30.5 Å². The first-order chi connectivity index (χ1) is 11.2. The Morgan fingerprint density at radius 3 is 2.79 bits per heavy atom. The fourth-order valence-electron chi connectivity index (χ4n) is 2.39. The van der Waals surface area contributed by atoms with Crippen LogP contribution in [-0.4, -0.2) is 47.5 Å². The van der Waals surface area contributed by atoms with Crippen molar-refractivity contribution in [1.29, 1.82) is 0 Å². The second-order valence-corrected chi connectivity index (χ2v) is 7.07. The summed E-state index contributed by atoms with van der Waals surface area (Å²) in [4.78, 5) is 18.4. The third kappa shape index (κ3) is 6.04. The van der Waals surface area contributed by atoms with Gasteiger partial charge in [0.1, 0.15) is 0 Å². The van der Waals surface area contributed by atoms with Crippen molar-refractivity contribution in [2.45, 2.75) is 25.4 Å². The van der Waals surface area contributed by atoms with Crippen LogP contribution in [0.15, 0.2) is 29.3 Å². The standard InChI is InChI=1S/C16H23N5OS.HI/c17-15(21-6-8-23-9-7-21)18-11-12-2-1-3-14(10-12)20-16(22)19-13-4-5-13;/h1-3,10,13H,4-9,11H2,(H2,17,18)(H2,19,20,22);1H. The van der Waals surface area contributed by atoms with E-state index in [4.69, 9.17) is 5.73 Å². The van der Waals surface area contributed by atoms with Gasteiger partial charge in [-0.2, -0.15) is 11.8 Å². The topological polar surface area (TPSA) is 82.7 Å². The van der Waals surface area contributed by atoms with Crippen LogP contribution >= 0.6 is 35.7 Å². The summed E-state index contributed by atoms with van der Waals surface area (Å²) < 4.78 is 0. The minimum atomic E-state index is -0.140. The molecule has 8 heteroatoms. The number of benzene rings is 1. The van der Waals surface area contributed by atoms with Gasteiger partial charge in [-0.1, -0.05) is 12.1 Å². The van der Waals surface area contributed by atoms with Crippen LogP contribution in [0, 0.1) is 0 Å². The predicted octanol–water partition coefficient (Wildman–Crippen LogP) is 2.45. The number of nitrogens with one attached hydrogen (secondary N) is 2. The molecule has 2 fully saturated rings. The zero-order valence-corrected chi connectivity index (χ0v) is 16.7. The molecule has 1 heterocycles. The van der Waals surface area contributed by atoms with Crippen LogP contribution in [0.25, 0.3) is 0 Å². The van der Waals surface area contributed by atoms with Gasteiger partial charge in [0.05, 0.1) is 6.54 Å². The van der Waals surface area contributed by atoms with Crippen LogP contribution in [0.1, 0.15) is 18.4 Å². The molecule has 0 spiro atoms. The van der Waals surface area contributed by atoms with Crippen molar-refractivity contribution >= 4 is 53.4 Å². The van der Waals surface area contributed by atoms with Gasteiger partial charge >= 0.3 is 6.03 Å². The minimum absolute atomic E-state index is 0. The number of thioether (sulfide) groups is 1. The highest BCUT2D eigenvalue weighted by Crippen LogP contribution is 2.19. The van der Waals surface area contributed by atoms with Crippen molar-refractivity contribution in [3.8, 4) is 0 Å². The second-order valence-electron chi connectivity index (χ2n) is 5.85. The number of halogens is 1. The Morgan fingerprint density at radius 2 is 2.08 bits per heavy atom. The number of hydrogen-bond acceptors (Lipinski definition) is 3. The number of nitrogens with zero attached hydrogens (tertiary/aromatic N) is 2. The molecule has 0 aromatic heterocycles. The molecule has 4 N–H and O–H groups in total. The minimum Gasteiger partial charge on any atom is -0.370 e. The van der Waals surface area contributed by atoms with Crippen molar-refractivity contribution in [1.82, 2.24) is 10.2 Å². The molecular weight excluding hydrogens is 437 g/mol. The smallest absolute Gasteiger partial charge is 0.319 e. The average Bonchev–Trinajstić information content (AvgIpc) is 3.37. The van der Waals surface area contributed by atoms with E-state index in [0.29, 0.717) is 18.5 Å². The van der Waals surface area contributed by atoms with Gasteiger partial charge in [0.15, 0.2) is 5.96 Å². The Bertz CT molecular complexity index is 588. The van der Waals surface area contributed by atoms with E-state index in [1.807, 2.05) is 36.0 Å². The fraction of sp³-hybridized carbons (Fsp3) is 0.500. The Hall–Kier alpha value is -1.16. The van der Waals surface area contributed by atoms with Crippen LogP contribution in [0.2, 0.25) is 0 Å². The molecule has 3 rings (SSSR count). The molecule has 1 aromatic carbocycles. The number of anilines is 1. The molecule has 6 nitrogen and oxygen atoms in total. The number of rotatable bonds is 4. The first-order valence-corrected chi connectivity index (χ1v) is 9.15. The van der Waals surface area contributed by atoms with Crippen molar-refractivity contribution in [3.63, 3.8) is 0 Å². The molecule has 0 unspecified atom stereocenters. The molecule has 0 atom stereocenters. The largest absolute Gasteiger partial charge is 0.370 e. The summed E-state index contributed by atoms with van der Waals surface area (Å²) in [6.07, 6.45) is 2.16. The lowest BCUT2D eigenvalue weighted by Gasteiger charge is -2.27. The molecule has 0 radical (unpaired) electrons. The Kier molecular flexibility index (Phi) is 7.47. The molecular formula is C16H24IN5OS. The van der Waals surface area contributed by atoms with Gasteiger partial charge < -0.3 is 21.3 Å². The summed E-state index contributed by atoms with van der Waals surface area (Å²) in [5.41, 5.74) is 7.88. The van der Waals surface area contributed by atoms with Crippen molar-refractivity contribution < 1.29 is 4.79 Å². The zero-order valence-electron chi connectivity index (χ0n) is 13.5. The quantitative estimate of drug-likeness (QED) is 0.366. The highest BCUT2D eigenvalue weighted by atomic mass is 127. The van der Waals surface area contributed by atoms with E-state index in [1.165, 1.54) is 0 Å². The number of nitrogens with two attached hydrogens (primary N) is 1. The van der Waals surface area contributed by atoms with Gasteiger partial charge in [0, 0.05) is 36.3 Å². The third-order valence-corrected chi connectivity index (χ3v) is 4.80. The summed E-state index contributed by atoms with van der Waals surface area (Å²) >= 11 is 1.95. The number of guanidine groups is 1. The number of carbonyl (C=O) groups is 1. The van der Waals surface area contributed by atoms with E-state index in [-0.39, 0.29) is 30.0 Å². The maximum Gasteiger partial charge on any atom is 0.319 e. The normalized spacial score (nSPS) is 17.8. The summed E-state index contributed by atoms with van der Waals surface area (Å²) in [7, 11) is 0. The predicted molar refractivity (Wildman–Crippen MR) is 111 cm³/mol. The lowest BCUT2D eigenvalue weighted by molar-refractivity contribution is 0.251. The van der Waals surface area contributed by atoms with Crippen LogP contribution in [0.5, 0.6) is 0 Å². The maximum atomic E-state index is 11.8. The number of amides is 2. The maximum absolute atomic E-state index is 11.8. The van der Waals surface area contributed by atoms with Gasteiger partial charge in [0.25, 0.3) is 0 Å². The highest BCUT2D eigenvalue weighted by Gasteiger charge is 2.23. The molecule has 24 heavy (non-hydrogen) atoms. The van der Waals surface area contributed by atoms with Crippen LogP contribution < -0.4 is 16.4 Å². The van der Waals surface area contributed by atoms with Crippen LogP contribution in [-0.2, 0) is 6.54 Å². The number of carbonyl (C=O) groups excluding carboxylic acids is 1. The van der Waals surface area contributed by atoms with E-state index in [1.54, 1.807) is 0 Å². The van der Waals surface area contributed by atoms with Gasteiger partial charge in [-0.3, -0.25) is 0 Å². The molecule has 1 aliphatic heterocycles. The first-order valence-electron chi connectivity index (χ1n) is 8.00. The first kappa shape index (κ1) is 19.2. The van der Waals surface area contributed by atoms with Crippen LogP contribution in [0.3, 0.4) is 0 Å². The molecule has 1 saturated carbocycles. The van der Waals surface area contributed by atoms with E-state index in [0.717, 1.165) is 48.7 Å².